The number of rotatable bonds is 4. The number of hydrogen-bond donors (Lipinski definition) is 2. The van der Waals surface area contributed by atoms with Gasteiger partial charge in [-0.3, -0.25) is 9.59 Å². The summed E-state index contributed by atoms with van der Waals surface area (Å²) in [6.07, 6.45) is -4.05. The number of alkyl halides is 3. The summed E-state index contributed by atoms with van der Waals surface area (Å²) in [5.74, 6) is -0.686. The van der Waals surface area contributed by atoms with Crippen LogP contribution in [0.5, 0.6) is 0 Å². The molecule has 1 aliphatic rings. The van der Waals surface area contributed by atoms with Crippen molar-refractivity contribution in [3.63, 3.8) is 0 Å². The molecule has 1 amide bonds. The summed E-state index contributed by atoms with van der Waals surface area (Å²) in [7, 11) is -3.63. The predicted octanol–water partition coefficient (Wildman–Crippen LogP) is 2.04. The molecule has 12 heteroatoms. The number of aromatic nitrogens is 1. The summed E-state index contributed by atoms with van der Waals surface area (Å²) in [6, 6.07) is 4.25. The maximum atomic E-state index is 12.6. The molecule has 152 valence electrons. The van der Waals surface area contributed by atoms with Crippen molar-refractivity contribution in [2.75, 3.05) is 13.1 Å². The molecule has 0 saturated carbocycles. The van der Waals surface area contributed by atoms with Gasteiger partial charge in [-0.2, -0.15) is 13.2 Å². The van der Waals surface area contributed by atoms with Crippen LogP contribution >= 0.6 is 11.3 Å². The first-order valence-corrected chi connectivity index (χ1v) is 10.6. The molecule has 28 heavy (non-hydrogen) atoms. The Morgan fingerprint density at radius 1 is 1.21 bits per heavy atom. The standard InChI is InChI=1S/C16H16F3N3O4S2/c17-16(18,19)12-4-3-11(14(23)20-12)15(24)22-7-5-10(6-8-22)21-28(25,26)13-2-1-9-27-13/h1-4,9-10,21H,5-8H2,(H,20,23). The second kappa shape index (κ2) is 7.68. The van der Waals surface area contributed by atoms with Crippen molar-refractivity contribution in [2.45, 2.75) is 29.3 Å². The second-order valence-corrected chi connectivity index (χ2v) is 9.12. The van der Waals surface area contributed by atoms with Gasteiger partial charge in [-0.15, -0.1) is 11.3 Å². The third-order valence-corrected chi connectivity index (χ3v) is 7.23. The van der Waals surface area contributed by atoms with Gasteiger partial charge in [-0.25, -0.2) is 13.1 Å². The summed E-state index contributed by atoms with van der Waals surface area (Å²) < 4.78 is 65.1. The molecule has 0 aliphatic carbocycles. The largest absolute Gasteiger partial charge is 0.431 e. The SMILES string of the molecule is O=C(c1ccc(C(F)(F)F)[nH]c1=O)N1CCC(NS(=O)(=O)c2cccs2)CC1. The number of likely N-dealkylation sites (tertiary alicyclic amines) is 1. The lowest BCUT2D eigenvalue weighted by Crippen LogP contribution is -2.47. The van der Waals surface area contributed by atoms with Crippen molar-refractivity contribution < 1.29 is 26.4 Å². The Hall–Kier alpha value is -2.18. The molecule has 2 aromatic heterocycles. The average molecular weight is 435 g/mol. The summed E-state index contributed by atoms with van der Waals surface area (Å²) in [4.78, 5) is 27.3. The molecular weight excluding hydrogens is 419 g/mol. The number of pyridine rings is 1. The number of thiophene rings is 1. The number of halogens is 3. The zero-order chi connectivity index (χ0) is 20.5. The number of hydrogen-bond acceptors (Lipinski definition) is 5. The zero-order valence-corrected chi connectivity index (χ0v) is 16.0. The summed E-state index contributed by atoms with van der Waals surface area (Å²) >= 11 is 1.09. The van der Waals surface area contributed by atoms with Gasteiger partial charge in [0.25, 0.3) is 11.5 Å². The maximum absolute atomic E-state index is 12.6. The van der Waals surface area contributed by atoms with E-state index in [1.165, 1.54) is 11.0 Å². The second-order valence-electron chi connectivity index (χ2n) is 6.23. The minimum Gasteiger partial charge on any atom is -0.338 e. The van der Waals surface area contributed by atoms with Gasteiger partial charge >= 0.3 is 6.18 Å². The van der Waals surface area contributed by atoms with Crippen molar-refractivity contribution in [3.8, 4) is 0 Å². The highest BCUT2D eigenvalue weighted by Crippen LogP contribution is 2.26. The number of H-pyrrole nitrogens is 1. The van der Waals surface area contributed by atoms with Crippen LogP contribution in [-0.4, -0.2) is 43.3 Å². The van der Waals surface area contributed by atoms with Crippen LogP contribution in [0.15, 0.2) is 38.6 Å². The molecule has 2 N–H and O–H groups in total. The number of aromatic amines is 1. The Morgan fingerprint density at radius 2 is 1.89 bits per heavy atom. The molecular formula is C16H16F3N3O4S2. The Morgan fingerprint density at radius 3 is 2.43 bits per heavy atom. The number of nitrogens with zero attached hydrogens (tertiary/aromatic N) is 1. The lowest BCUT2D eigenvalue weighted by atomic mass is 10.1. The number of piperidine rings is 1. The lowest BCUT2D eigenvalue weighted by molar-refractivity contribution is -0.141. The molecule has 7 nitrogen and oxygen atoms in total. The predicted molar refractivity (Wildman–Crippen MR) is 95.6 cm³/mol. The normalized spacial score (nSPS) is 16.3. The third kappa shape index (κ3) is 4.45. The maximum Gasteiger partial charge on any atom is 0.431 e. The molecule has 1 aliphatic heterocycles. The summed E-state index contributed by atoms with van der Waals surface area (Å²) in [5, 5.41) is 1.65. The van der Waals surface area contributed by atoms with E-state index in [0.717, 1.165) is 17.4 Å². The van der Waals surface area contributed by atoms with E-state index in [9.17, 15) is 31.2 Å². The quantitative estimate of drug-likeness (QED) is 0.768. The average Bonchev–Trinajstić information content (AvgIpc) is 3.16. The Balaban J connectivity index is 1.64. The van der Waals surface area contributed by atoms with Crippen LogP contribution in [0, 0.1) is 0 Å². The van der Waals surface area contributed by atoms with Crippen molar-refractivity contribution in [1.29, 1.82) is 0 Å². The fourth-order valence-electron chi connectivity index (χ4n) is 2.87. The molecule has 0 bridgehead atoms. The highest BCUT2D eigenvalue weighted by atomic mass is 32.2. The van der Waals surface area contributed by atoms with E-state index in [1.807, 2.05) is 0 Å². The van der Waals surface area contributed by atoms with Crippen molar-refractivity contribution >= 4 is 27.3 Å². The van der Waals surface area contributed by atoms with Crippen LogP contribution in [0.25, 0.3) is 0 Å². The van der Waals surface area contributed by atoms with Crippen LogP contribution in [0.2, 0.25) is 0 Å². The Kier molecular flexibility index (Phi) is 5.64. The van der Waals surface area contributed by atoms with E-state index in [4.69, 9.17) is 0 Å². The molecule has 0 spiro atoms. The topological polar surface area (TPSA) is 99.3 Å². The molecule has 3 heterocycles. The fourth-order valence-corrected chi connectivity index (χ4v) is 5.19. The van der Waals surface area contributed by atoms with Crippen LogP contribution in [0.4, 0.5) is 13.2 Å². The summed E-state index contributed by atoms with van der Waals surface area (Å²) in [6.45, 7) is 0.355. The van der Waals surface area contributed by atoms with Gasteiger partial charge in [-0.05, 0) is 36.4 Å². The lowest BCUT2D eigenvalue weighted by Gasteiger charge is -2.32. The minimum absolute atomic E-state index is 0.178. The van der Waals surface area contributed by atoms with Gasteiger partial charge in [0, 0.05) is 19.1 Å². The van der Waals surface area contributed by atoms with E-state index >= 15 is 0 Å². The van der Waals surface area contributed by atoms with Crippen LogP contribution < -0.4 is 10.3 Å². The first-order valence-electron chi connectivity index (χ1n) is 8.23. The van der Waals surface area contributed by atoms with E-state index in [2.05, 4.69) is 4.72 Å². The molecule has 0 aromatic carbocycles. The molecule has 0 radical (unpaired) electrons. The number of amides is 1. The van der Waals surface area contributed by atoms with E-state index in [0.29, 0.717) is 18.9 Å². The number of nitrogens with one attached hydrogen (secondary N) is 2. The fraction of sp³-hybridized carbons (Fsp3) is 0.375. The highest BCUT2D eigenvalue weighted by molar-refractivity contribution is 7.91. The molecule has 0 atom stereocenters. The van der Waals surface area contributed by atoms with Gasteiger partial charge in [0.2, 0.25) is 10.0 Å². The first-order chi connectivity index (χ1) is 13.1. The van der Waals surface area contributed by atoms with E-state index < -0.39 is 33.4 Å². The Bertz CT molecular complexity index is 1010. The van der Waals surface area contributed by atoms with E-state index in [1.54, 1.807) is 16.4 Å². The van der Waals surface area contributed by atoms with Crippen molar-refractivity contribution in [3.05, 3.63) is 51.3 Å². The highest BCUT2D eigenvalue weighted by Gasteiger charge is 2.33. The van der Waals surface area contributed by atoms with Crippen LogP contribution in [-0.2, 0) is 16.2 Å². The summed E-state index contributed by atoms with van der Waals surface area (Å²) in [5.41, 5.74) is -2.72. The van der Waals surface area contributed by atoms with Crippen LogP contribution in [0.3, 0.4) is 0 Å². The molecule has 2 aromatic rings. The smallest absolute Gasteiger partial charge is 0.338 e. The van der Waals surface area contributed by atoms with Crippen molar-refractivity contribution in [1.82, 2.24) is 14.6 Å². The van der Waals surface area contributed by atoms with Crippen molar-refractivity contribution in [2.24, 2.45) is 0 Å². The van der Waals surface area contributed by atoms with Gasteiger partial charge in [0.15, 0.2) is 0 Å². The zero-order valence-electron chi connectivity index (χ0n) is 14.3. The first kappa shape index (κ1) is 20.6. The number of carbonyl (C=O) groups is 1. The Labute approximate surface area is 162 Å². The minimum atomic E-state index is -4.71. The third-order valence-electron chi connectivity index (χ3n) is 4.31. The molecule has 1 saturated heterocycles. The monoisotopic (exact) mass is 435 g/mol. The van der Waals surface area contributed by atoms with E-state index in [-0.39, 0.29) is 28.9 Å². The van der Waals surface area contributed by atoms with Gasteiger partial charge in [0.05, 0.1) is 0 Å². The van der Waals surface area contributed by atoms with Crippen LogP contribution in [0.1, 0.15) is 28.9 Å². The number of carbonyl (C=O) groups excluding carboxylic acids is 1. The number of sulfonamides is 1. The molecule has 1 fully saturated rings. The molecule has 0 unspecified atom stereocenters. The molecule has 3 rings (SSSR count). The van der Waals surface area contributed by atoms with Gasteiger partial charge in [0.1, 0.15) is 15.5 Å². The van der Waals surface area contributed by atoms with Gasteiger partial charge < -0.3 is 9.88 Å². The van der Waals surface area contributed by atoms with Gasteiger partial charge in [-0.1, -0.05) is 6.07 Å².